The average Bonchev–Trinajstić information content (AvgIpc) is 3.28. The van der Waals surface area contributed by atoms with Gasteiger partial charge in [-0.15, -0.1) is 11.3 Å². The van der Waals surface area contributed by atoms with Gasteiger partial charge in [-0.3, -0.25) is 14.8 Å². The zero-order valence-electron chi connectivity index (χ0n) is 17.9. The van der Waals surface area contributed by atoms with Crippen LogP contribution in [0.4, 0.5) is 10.8 Å². The van der Waals surface area contributed by atoms with Crippen molar-refractivity contribution in [3.05, 3.63) is 89.3 Å². The van der Waals surface area contributed by atoms with E-state index < -0.39 is 10.0 Å². The third kappa shape index (κ3) is 5.21. The Morgan fingerprint density at radius 1 is 1.00 bits per heavy atom. The first-order chi connectivity index (χ1) is 15.9. The van der Waals surface area contributed by atoms with Gasteiger partial charge in [0, 0.05) is 22.2 Å². The highest BCUT2D eigenvalue weighted by atomic mass is 32.2. The Bertz CT molecular complexity index is 1380. The van der Waals surface area contributed by atoms with Gasteiger partial charge in [0.2, 0.25) is 0 Å². The van der Waals surface area contributed by atoms with E-state index in [1.807, 2.05) is 30.5 Å². The SMILES string of the molecule is COc1ccc(-c2csc(NC(=O)c3ccc(NS(=O)(=O)c4ccccc4)cc3)n2)cc1C. The minimum Gasteiger partial charge on any atom is -0.496 e. The summed E-state index contributed by atoms with van der Waals surface area (Å²) in [7, 11) is -2.06. The second kappa shape index (κ2) is 9.43. The average molecular weight is 480 g/mol. The molecule has 0 aliphatic carbocycles. The van der Waals surface area contributed by atoms with Gasteiger partial charge < -0.3 is 4.74 Å². The van der Waals surface area contributed by atoms with Crippen LogP contribution in [-0.4, -0.2) is 26.4 Å². The number of carbonyl (C=O) groups is 1. The van der Waals surface area contributed by atoms with E-state index in [9.17, 15) is 13.2 Å². The second-order valence-electron chi connectivity index (χ2n) is 7.17. The summed E-state index contributed by atoms with van der Waals surface area (Å²) in [6.07, 6.45) is 0. The summed E-state index contributed by atoms with van der Waals surface area (Å²) in [6, 6.07) is 20.1. The number of benzene rings is 3. The van der Waals surface area contributed by atoms with Crippen LogP contribution in [0.5, 0.6) is 5.75 Å². The number of methoxy groups -OCH3 is 1. The summed E-state index contributed by atoms with van der Waals surface area (Å²) in [5.74, 6) is 0.469. The summed E-state index contributed by atoms with van der Waals surface area (Å²) in [5, 5.41) is 5.13. The Labute approximate surface area is 196 Å². The predicted octanol–water partition coefficient (Wildman–Crippen LogP) is 5.18. The van der Waals surface area contributed by atoms with Gasteiger partial charge in [-0.25, -0.2) is 13.4 Å². The quantitative estimate of drug-likeness (QED) is 0.381. The van der Waals surface area contributed by atoms with Crippen molar-refractivity contribution in [1.29, 1.82) is 0 Å². The van der Waals surface area contributed by atoms with E-state index in [1.165, 1.54) is 23.5 Å². The number of thiazole rings is 1. The summed E-state index contributed by atoms with van der Waals surface area (Å²) < 4.78 is 32.7. The molecule has 7 nitrogen and oxygen atoms in total. The third-order valence-corrected chi connectivity index (χ3v) is 7.02. The largest absolute Gasteiger partial charge is 0.496 e. The van der Waals surface area contributed by atoms with Crippen molar-refractivity contribution in [2.24, 2.45) is 0 Å². The standard InChI is InChI=1S/C24H21N3O4S2/c1-16-14-18(10-13-22(16)31-2)21-15-32-24(25-21)26-23(28)17-8-11-19(12-9-17)27-33(29,30)20-6-4-3-5-7-20/h3-15,27H,1-2H3,(H,25,26,28). The number of anilines is 2. The van der Waals surface area contributed by atoms with E-state index in [1.54, 1.807) is 49.6 Å². The molecule has 2 N–H and O–H groups in total. The molecular formula is C24H21N3O4S2. The molecule has 0 saturated carbocycles. The molecule has 1 aromatic heterocycles. The molecular weight excluding hydrogens is 458 g/mol. The van der Waals surface area contributed by atoms with E-state index in [-0.39, 0.29) is 10.8 Å². The number of nitrogens with zero attached hydrogens (tertiary/aromatic N) is 1. The molecule has 0 aliphatic rings. The molecule has 4 rings (SSSR count). The number of carbonyl (C=O) groups excluding carboxylic acids is 1. The highest BCUT2D eigenvalue weighted by Gasteiger charge is 2.15. The number of ether oxygens (including phenoxy) is 1. The molecule has 33 heavy (non-hydrogen) atoms. The Morgan fingerprint density at radius 2 is 1.73 bits per heavy atom. The number of amides is 1. The maximum Gasteiger partial charge on any atom is 0.261 e. The molecule has 0 unspecified atom stereocenters. The molecule has 0 spiro atoms. The lowest BCUT2D eigenvalue weighted by atomic mass is 10.1. The summed E-state index contributed by atoms with van der Waals surface area (Å²) >= 11 is 1.33. The third-order valence-electron chi connectivity index (χ3n) is 4.87. The number of rotatable bonds is 7. The Morgan fingerprint density at radius 3 is 2.39 bits per heavy atom. The zero-order chi connectivity index (χ0) is 23.4. The molecule has 4 aromatic rings. The second-order valence-corrected chi connectivity index (χ2v) is 9.71. The van der Waals surface area contributed by atoms with Gasteiger partial charge >= 0.3 is 0 Å². The number of hydrogen-bond donors (Lipinski definition) is 2. The van der Waals surface area contributed by atoms with Crippen LogP contribution in [0.25, 0.3) is 11.3 Å². The van der Waals surface area contributed by atoms with Crippen LogP contribution in [0, 0.1) is 6.92 Å². The van der Waals surface area contributed by atoms with Crippen molar-refractivity contribution in [1.82, 2.24) is 4.98 Å². The van der Waals surface area contributed by atoms with E-state index in [0.29, 0.717) is 16.4 Å². The fourth-order valence-electron chi connectivity index (χ4n) is 3.17. The Balaban J connectivity index is 1.43. The number of hydrogen-bond acceptors (Lipinski definition) is 6. The molecule has 0 aliphatic heterocycles. The molecule has 0 bridgehead atoms. The van der Waals surface area contributed by atoms with Gasteiger partial charge in [0.05, 0.1) is 17.7 Å². The van der Waals surface area contributed by atoms with Crippen LogP contribution in [0.15, 0.2) is 83.1 Å². The molecule has 0 radical (unpaired) electrons. The van der Waals surface area contributed by atoms with E-state index >= 15 is 0 Å². The number of sulfonamides is 1. The first-order valence-electron chi connectivity index (χ1n) is 9.95. The van der Waals surface area contributed by atoms with Crippen LogP contribution in [0.1, 0.15) is 15.9 Å². The number of nitrogens with one attached hydrogen (secondary N) is 2. The first-order valence-corrected chi connectivity index (χ1v) is 12.3. The minimum absolute atomic E-state index is 0.165. The molecule has 9 heteroatoms. The van der Waals surface area contributed by atoms with Gasteiger partial charge in [-0.05, 0) is 67.1 Å². The van der Waals surface area contributed by atoms with Crippen molar-refractivity contribution >= 4 is 38.1 Å². The van der Waals surface area contributed by atoms with Gasteiger partial charge in [-0.2, -0.15) is 0 Å². The van der Waals surface area contributed by atoms with Gasteiger partial charge in [-0.1, -0.05) is 18.2 Å². The molecule has 168 valence electrons. The summed E-state index contributed by atoms with van der Waals surface area (Å²) in [4.78, 5) is 17.3. The van der Waals surface area contributed by atoms with Gasteiger partial charge in [0.1, 0.15) is 5.75 Å². The highest BCUT2D eigenvalue weighted by molar-refractivity contribution is 7.92. The maximum absolute atomic E-state index is 12.6. The predicted molar refractivity (Wildman–Crippen MR) is 130 cm³/mol. The number of aryl methyl sites for hydroxylation is 1. The van der Waals surface area contributed by atoms with Crippen molar-refractivity contribution in [3.8, 4) is 17.0 Å². The lowest BCUT2D eigenvalue weighted by Gasteiger charge is -2.09. The molecule has 1 heterocycles. The Hall–Kier alpha value is -3.69. The van der Waals surface area contributed by atoms with Crippen LogP contribution in [0.2, 0.25) is 0 Å². The van der Waals surface area contributed by atoms with E-state index in [2.05, 4.69) is 15.0 Å². The van der Waals surface area contributed by atoms with Crippen molar-refractivity contribution in [3.63, 3.8) is 0 Å². The smallest absolute Gasteiger partial charge is 0.261 e. The fourth-order valence-corrected chi connectivity index (χ4v) is 4.97. The normalized spacial score (nSPS) is 11.1. The molecule has 0 fully saturated rings. The topological polar surface area (TPSA) is 97.4 Å². The number of aromatic nitrogens is 1. The molecule has 3 aromatic carbocycles. The fraction of sp³-hybridized carbons (Fsp3) is 0.0833. The summed E-state index contributed by atoms with van der Waals surface area (Å²) in [5.41, 5.74) is 3.43. The molecule has 1 amide bonds. The first kappa shape index (κ1) is 22.5. The minimum atomic E-state index is -3.69. The van der Waals surface area contributed by atoms with Crippen LogP contribution < -0.4 is 14.8 Å². The highest BCUT2D eigenvalue weighted by Crippen LogP contribution is 2.29. The lowest BCUT2D eigenvalue weighted by molar-refractivity contribution is 0.102. The van der Waals surface area contributed by atoms with E-state index in [4.69, 9.17) is 4.74 Å². The Kier molecular flexibility index (Phi) is 6.43. The van der Waals surface area contributed by atoms with E-state index in [0.717, 1.165) is 22.6 Å². The van der Waals surface area contributed by atoms with Crippen LogP contribution in [0.3, 0.4) is 0 Å². The van der Waals surface area contributed by atoms with Crippen molar-refractivity contribution in [2.45, 2.75) is 11.8 Å². The summed E-state index contributed by atoms with van der Waals surface area (Å²) in [6.45, 7) is 1.96. The van der Waals surface area contributed by atoms with Crippen LogP contribution in [-0.2, 0) is 10.0 Å². The zero-order valence-corrected chi connectivity index (χ0v) is 19.5. The molecule has 0 atom stereocenters. The van der Waals surface area contributed by atoms with Crippen LogP contribution >= 0.6 is 11.3 Å². The molecule has 0 saturated heterocycles. The van der Waals surface area contributed by atoms with Crippen molar-refractivity contribution in [2.75, 3.05) is 17.1 Å². The maximum atomic E-state index is 12.6. The van der Waals surface area contributed by atoms with Gasteiger partial charge in [0.15, 0.2) is 5.13 Å². The lowest BCUT2D eigenvalue weighted by Crippen LogP contribution is -2.14. The van der Waals surface area contributed by atoms with Crippen molar-refractivity contribution < 1.29 is 17.9 Å². The monoisotopic (exact) mass is 479 g/mol. The van der Waals surface area contributed by atoms with Gasteiger partial charge in [0.25, 0.3) is 15.9 Å².